The van der Waals surface area contributed by atoms with Gasteiger partial charge in [0.05, 0.1) is 19.5 Å². The van der Waals surface area contributed by atoms with Crippen LogP contribution >= 0.6 is 24.0 Å². The van der Waals surface area contributed by atoms with Crippen LogP contribution in [0.25, 0.3) is 0 Å². The highest BCUT2D eigenvalue weighted by Gasteiger charge is 2.43. The Labute approximate surface area is 196 Å². The first-order chi connectivity index (χ1) is 14.2. The lowest BCUT2D eigenvalue weighted by Gasteiger charge is -2.34. The number of hydrogen-bond donors (Lipinski definition) is 2. The van der Waals surface area contributed by atoms with E-state index in [1.54, 1.807) is 6.26 Å². The van der Waals surface area contributed by atoms with Gasteiger partial charge in [-0.2, -0.15) is 0 Å². The Kier molecular flexibility index (Phi) is 9.28. The monoisotopic (exact) mass is 533 g/mol. The lowest BCUT2D eigenvalue weighted by Crippen LogP contribution is -2.43. The van der Waals surface area contributed by atoms with Gasteiger partial charge < -0.3 is 29.3 Å². The summed E-state index contributed by atoms with van der Waals surface area (Å²) in [5.41, 5.74) is 0. The van der Waals surface area contributed by atoms with Crippen LogP contribution in [-0.4, -0.2) is 57.3 Å². The third-order valence-electron chi connectivity index (χ3n) is 6.22. The summed E-state index contributed by atoms with van der Waals surface area (Å²) >= 11 is 0. The molecule has 8 heteroatoms. The zero-order valence-electron chi connectivity index (χ0n) is 17.9. The summed E-state index contributed by atoms with van der Waals surface area (Å²) in [4.78, 5) is 4.79. The van der Waals surface area contributed by atoms with Gasteiger partial charge in [0.1, 0.15) is 11.9 Å². The van der Waals surface area contributed by atoms with Crippen LogP contribution in [0.4, 0.5) is 0 Å². The lowest BCUT2D eigenvalue weighted by atomic mass is 9.86. The number of ether oxygens (including phenoxy) is 3. The van der Waals surface area contributed by atoms with Gasteiger partial charge in [-0.25, -0.2) is 0 Å². The van der Waals surface area contributed by atoms with Crippen molar-refractivity contribution < 1.29 is 18.6 Å². The number of aliphatic imine (C=N–C) groups is 1. The Morgan fingerprint density at radius 1 is 1.20 bits per heavy atom. The van der Waals surface area contributed by atoms with E-state index in [9.17, 15) is 0 Å². The molecule has 2 atom stereocenters. The molecular formula is C22H36IN3O4. The SMILES string of the molecule is CC1CCC2(CC1)OCC(CNC(=NCC1CCOC1)NCCc1ccco1)O2.I. The summed E-state index contributed by atoms with van der Waals surface area (Å²) in [5.74, 6) is 2.75. The van der Waals surface area contributed by atoms with Crippen molar-refractivity contribution in [2.24, 2.45) is 16.8 Å². The fraction of sp³-hybridized carbons (Fsp3) is 0.773. The number of furan rings is 1. The van der Waals surface area contributed by atoms with Crippen LogP contribution in [0.3, 0.4) is 0 Å². The molecule has 1 spiro atoms. The Morgan fingerprint density at radius 3 is 2.80 bits per heavy atom. The minimum atomic E-state index is -0.343. The van der Waals surface area contributed by atoms with E-state index in [0.717, 1.165) is 69.6 Å². The average molecular weight is 533 g/mol. The highest BCUT2D eigenvalue weighted by atomic mass is 127. The molecule has 4 rings (SSSR count). The average Bonchev–Trinajstić information content (AvgIpc) is 3.49. The molecule has 0 radical (unpaired) electrons. The molecule has 2 aliphatic heterocycles. The molecule has 0 aromatic carbocycles. The molecule has 30 heavy (non-hydrogen) atoms. The minimum absolute atomic E-state index is 0. The summed E-state index contributed by atoms with van der Waals surface area (Å²) in [7, 11) is 0. The number of rotatable bonds is 7. The van der Waals surface area contributed by atoms with Gasteiger partial charge in [0.15, 0.2) is 11.7 Å². The Hall–Kier alpha value is -0.840. The van der Waals surface area contributed by atoms with E-state index in [-0.39, 0.29) is 35.9 Å². The quantitative estimate of drug-likeness (QED) is 0.318. The van der Waals surface area contributed by atoms with Crippen LogP contribution in [0.1, 0.15) is 44.8 Å². The molecule has 1 aromatic rings. The zero-order valence-corrected chi connectivity index (χ0v) is 20.3. The first kappa shape index (κ1) is 23.8. The van der Waals surface area contributed by atoms with Gasteiger partial charge in [-0.3, -0.25) is 4.99 Å². The fourth-order valence-corrected chi connectivity index (χ4v) is 4.27. The van der Waals surface area contributed by atoms with E-state index in [0.29, 0.717) is 19.1 Å². The van der Waals surface area contributed by atoms with Gasteiger partial charge in [-0.05, 0) is 37.3 Å². The molecule has 1 saturated carbocycles. The van der Waals surface area contributed by atoms with E-state index in [4.69, 9.17) is 23.6 Å². The van der Waals surface area contributed by atoms with Crippen LogP contribution < -0.4 is 10.6 Å². The maximum absolute atomic E-state index is 6.33. The highest BCUT2D eigenvalue weighted by molar-refractivity contribution is 14.0. The van der Waals surface area contributed by atoms with Crippen molar-refractivity contribution in [3.63, 3.8) is 0 Å². The number of nitrogens with zero attached hydrogens (tertiary/aromatic N) is 1. The molecule has 2 N–H and O–H groups in total. The normalized spacial score (nSPS) is 31.6. The summed E-state index contributed by atoms with van der Waals surface area (Å²) in [6.07, 6.45) is 8.07. The molecule has 170 valence electrons. The number of halogens is 1. The van der Waals surface area contributed by atoms with E-state index in [2.05, 4.69) is 17.6 Å². The molecule has 2 unspecified atom stereocenters. The molecule has 3 aliphatic rings. The predicted molar refractivity (Wildman–Crippen MR) is 126 cm³/mol. The Morgan fingerprint density at radius 2 is 2.07 bits per heavy atom. The van der Waals surface area contributed by atoms with Gasteiger partial charge >= 0.3 is 0 Å². The molecule has 1 aliphatic carbocycles. The fourth-order valence-electron chi connectivity index (χ4n) is 4.27. The van der Waals surface area contributed by atoms with Gasteiger partial charge in [-0.1, -0.05) is 6.92 Å². The van der Waals surface area contributed by atoms with Crippen LogP contribution in [-0.2, 0) is 20.6 Å². The van der Waals surface area contributed by atoms with Gasteiger partial charge in [-0.15, -0.1) is 24.0 Å². The van der Waals surface area contributed by atoms with Crippen LogP contribution in [0, 0.1) is 11.8 Å². The van der Waals surface area contributed by atoms with Crippen molar-refractivity contribution in [1.82, 2.24) is 10.6 Å². The predicted octanol–water partition coefficient (Wildman–Crippen LogP) is 3.33. The van der Waals surface area contributed by atoms with E-state index in [1.165, 1.54) is 12.8 Å². The van der Waals surface area contributed by atoms with Crippen molar-refractivity contribution in [3.05, 3.63) is 24.2 Å². The zero-order chi connectivity index (χ0) is 19.9. The first-order valence-corrected chi connectivity index (χ1v) is 11.1. The number of nitrogens with one attached hydrogen (secondary N) is 2. The van der Waals surface area contributed by atoms with Crippen molar-refractivity contribution in [2.75, 3.05) is 39.5 Å². The standard InChI is InChI=1S/C22H35N3O4.HI/c1-17-4-8-22(9-5-17)28-16-20(29-22)14-25-21(24-13-18-7-12-26-15-18)23-10-6-19-3-2-11-27-19;/h2-3,11,17-18,20H,4-10,12-16H2,1H3,(H2,23,24,25);1H. The summed E-state index contributed by atoms with van der Waals surface area (Å²) in [6, 6.07) is 3.91. The van der Waals surface area contributed by atoms with E-state index >= 15 is 0 Å². The minimum Gasteiger partial charge on any atom is -0.469 e. The lowest BCUT2D eigenvalue weighted by molar-refractivity contribution is -0.191. The second-order valence-electron chi connectivity index (χ2n) is 8.70. The second-order valence-corrected chi connectivity index (χ2v) is 8.70. The van der Waals surface area contributed by atoms with Crippen LogP contribution in [0.2, 0.25) is 0 Å². The molecular weight excluding hydrogens is 497 g/mol. The second kappa shape index (κ2) is 11.7. The number of hydrogen-bond acceptors (Lipinski definition) is 5. The maximum Gasteiger partial charge on any atom is 0.191 e. The smallest absolute Gasteiger partial charge is 0.191 e. The van der Waals surface area contributed by atoms with Crippen molar-refractivity contribution in [3.8, 4) is 0 Å². The van der Waals surface area contributed by atoms with Crippen LogP contribution in [0.5, 0.6) is 0 Å². The summed E-state index contributed by atoms with van der Waals surface area (Å²) < 4.78 is 23.3. The Bertz CT molecular complexity index is 641. The first-order valence-electron chi connectivity index (χ1n) is 11.1. The molecule has 7 nitrogen and oxygen atoms in total. The summed E-state index contributed by atoms with van der Waals surface area (Å²) in [5, 5.41) is 6.88. The molecule has 3 fully saturated rings. The third-order valence-corrected chi connectivity index (χ3v) is 6.22. The third kappa shape index (κ3) is 6.83. The van der Waals surface area contributed by atoms with Gasteiger partial charge in [0.25, 0.3) is 0 Å². The van der Waals surface area contributed by atoms with E-state index < -0.39 is 0 Å². The maximum atomic E-state index is 6.33. The molecule has 3 heterocycles. The Balaban J connectivity index is 0.00000256. The van der Waals surface area contributed by atoms with Crippen molar-refractivity contribution >= 4 is 29.9 Å². The topological polar surface area (TPSA) is 77.2 Å². The van der Waals surface area contributed by atoms with Crippen molar-refractivity contribution in [2.45, 2.75) is 57.3 Å². The van der Waals surface area contributed by atoms with Crippen molar-refractivity contribution in [1.29, 1.82) is 0 Å². The van der Waals surface area contributed by atoms with E-state index in [1.807, 2.05) is 12.1 Å². The molecule has 1 aromatic heterocycles. The molecule has 0 bridgehead atoms. The molecule has 2 saturated heterocycles. The van der Waals surface area contributed by atoms with Gasteiger partial charge in [0, 0.05) is 51.4 Å². The highest BCUT2D eigenvalue weighted by Crippen LogP contribution is 2.39. The number of guanidine groups is 1. The molecule has 0 amide bonds. The summed E-state index contributed by atoms with van der Waals surface area (Å²) in [6.45, 7) is 6.87. The van der Waals surface area contributed by atoms with Crippen LogP contribution in [0.15, 0.2) is 27.8 Å². The van der Waals surface area contributed by atoms with Gasteiger partial charge in [0.2, 0.25) is 0 Å². The largest absolute Gasteiger partial charge is 0.469 e.